The number of aliphatic hydroxyl groups is 1. The predicted molar refractivity (Wildman–Crippen MR) is 160 cm³/mol. The van der Waals surface area contributed by atoms with Gasteiger partial charge in [0.2, 0.25) is 11.8 Å². The molecule has 4 aliphatic heterocycles. The van der Waals surface area contributed by atoms with Crippen LogP contribution in [0, 0.1) is 5.92 Å². The highest BCUT2D eigenvalue weighted by Gasteiger charge is 2.58. The van der Waals surface area contributed by atoms with Crippen LogP contribution in [0.15, 0.2) is 36.0 Å². The molecule has 11 heteroatoms. The van der Waals surface area contributed by atoms with Crippen LogP contribution in [0.2, 0.25) is 0 Å². The van der Waals surface area contributed by atoms with Gasteiger partial charge in [-0.2, -0.15) is 0 Å². The minimum Gasteiger partial charge on any atom is -0.442 e. The van der Waals surface area contributed by atoms with Gasteiger partial charge in [0.1, 0.15) is 23.9 Å². The number of primary amides is 1. The molecule has 0 radical (unpaired) electrons. The summed E-state index contributed by atoms with van der Waals surface area (Å²) in [7, 11) is 0. The standard InChI is InChI=1S/C32H49N3O8/c1-20(9-12-27-30(38)32(19-40-32)18-24(43-27)17-28(33)36)8-11-26-21(2)16-25(23(4)42-26)34-29(37)13-10-22(3)41-31(39)35-14-6-5-7-15-35/h8-10,12-13,21-27,30,38H,5-7,11,14-19H2,1-4H3,(H2,33,36)(H,34,37)/t21-,22?,23+,24+,25+,26-,27+,30+,32+/m0/s1. The Labute approximate surface area is 254 Å². The molecule has 1 unspecified atom stereocenters. The van der Waals surface area contributed by atoms with Gasteiger partial charge in [-0.1, -0.05) is 30.7 Å². The van der Waals surface area contributed by atoms with E-state index in [1.54, 1.807) is 17.9 Å². The van der Waals surface area contributed by atoms with Gasteiger partial charge in [-0.15, -0.1) is 0 Å². The zero-order valence-corrected chi connectivity index (χ0v) is 25.9. The number of nitrogens with two attached hydrogens (primary N) is 1. The summed E-state index contributed by atoms with van der Waals surface area (Å²) >= 11 is 0. The van der Waals surface area contributed by atoms with Gasteiger partial charge in [0.25, 0.3) is 0 Å². The number of ether oxygens (including phenoxy) is 4. The van der Waals surface area contributed by atoms with E-state index in [4.69, 9.17) is 24.7 Å². The number of nitrogens with zero attached hydrogens (tertiary/aromatic N) is 1. The van der Waals surface area contributed by atoms with Crippen molar-refractivity contribution in [3.63, 3.8) is 0 Å². The first-order valence-electron chi connectivity index (χ1n) is 15.7. The number of likely N-dealkylation sites (tertiary alicyclic amines) is 1. The van der Waals surface area contributed by atoms with Gasteiger partial charge in [0.15, 0.2) is 0 Å². The summed E-state index contributed by atoms with van der Waals surface area (Å²) in [6, 6.07) is -0.130. The molecule has 0 bridgehead atoms. The second-order valence-corrected chi connectivity index (χ2v) is 12.6. The van der Waals surface area contributed by atoms with Crippen molar-refractivity contribution in [3.8, 4) is 0 Å². The lowest BCUT2D eigenvalue weighted by Gasteiger charge is -2.39. The molecule has 1 spiro atoms. The van der Waals surface area contributed by atoms with Crippen molar-refractivity contribution in [1.82, 2.24) is 10.2 Å². The molecule has 4 fully saturated rings. The normalized spacial score (nSPS) is 35.7. The maximum atomic E-state index is 12.6. The van der Waals surface area contributed by atoms with E-state index in [2.05, 4.69) is 18.3 Å². The number of epoxide rings is 1. The summed E-state index contributed by atoms with van der Waals surface area (Å²) in [6.45, 7) is 9.70. The zero-order chi connectivity index (χ0) is 31.1. The topological polar surface area (TPSA) is 153 Å². The Hall–Kier alpha value is -2.73. The molecule has 4 heterocycles. The molecule has 4 saturated heterocycles. The summed E-state index contributed by atoms with van der Waals surface area (Å²) in [6.07, 6.45) is 11.2. The lowest BCUT2D eigenvalue weighted by Crippen LogP contribution is -2.50. The highest BCUT2D eigenvalue weighted by atomic mass is 16.6. The van der Waals surface area contributed by atoms with Crippen molar-refractivity contribution in [2.45, 2.75) is 121 Å². The zero-order valence-electron chi connectivity index (χ0n) is 25.9. The largest absolute Gasteiger partial charge is 0.442 e. The van der Waals surface area contributed by atoms with Crippen molar-refractivity contribution in [2.75, 3.05) is 19.7 Å². The number of allylic oxidation sites excluding steroid dienone is 2. The van der Waals surface area contributed by atoms with Crippen molar-refractivity contribution < 1.29 is 38.4 Å². The third kappa shape index (κ3) is 9.38. The minimum absolute atomic E-state index is 0.00383. The van der Waals surface area contributed by atoms with Crippen LogP contribution in [0.25, 0.3) is 0 Å². The third-order valence-corrected chi connectivity index (χ3v) is 8.90. The van der Waals surface area contributed by atoms with Crippen molar-refractivity contribution in [2.24, 2.45) is 11.7 Å². The average Bonchev–Trinajstić information content (AvgIpc) is 3.74. The molecule has 0 aromatic rings. The Morgan fingerprint density at radius 1 is 1.16 bits per heavy atom. The van der Waals surface area contributed by atoms with E-state index in [9.17, 15) is 19.5 Å². The van der Waals surface area contributed by atoms with E-state index in [1.165, 1.54) is 6.08 Å². The molecule has 11 nitrogen and oxygen atoms in total. The molecule has 0 aromatic carbocycles. The smallest absolute Gasteiger partial charge is 0.410 e. The van der Waals surface area contributed by atoms with Crippen LogP contribution in [-0.2, 0) is 28.5 Å². The summed E-state index contributed by atoms with van der Waals surface area (Å²) < 4.78 is 23.2. The maximum absolute atomic E-state index is 12.6. The first-order chi connectivity index (χ1) is 20.5. The number of piperidine rings is 1. The van der Waals surface area contributed by atoms with Gasteiger partial charge in [-0.25, -0.2) is 4.79 Å². The van der Waals surface area contributed by atoms with Crippen LogP contribution in [0.1, 0.15) is 72.6 Å². The predicted octanol–water partition coefficient (Wildman–Crippen LogP) is 2.91. The van der Waals surface area contributed by atoms with Crippen molar-refractivity contribution >= 4 is 17.9 Å². The van der Waals surface area contributed by atoms with E-state index in [-0.39, 0.29) is 48.7 Å². The summed E-state index contributed by atoms with van der Waals surface area (Å²) in [4.78, 5) is 38.0. The number of nitrogens with one attached hydrogen (secondary N) is 1. The van der Waals surface area contributed by atoms with Crippen LogP contribution in [0.3, 0.4) is 0 Å². The fourth-order valence-corrected chi connectivity index (χ4v) is 6.16. The van der Waals surface area contributed by atoms with Crippen molar-refractivity contribution in [1.29, 1.82) is 0 Å². The number of rotatable bonds is 10. The van der Waals surface area contributed by atoms with E-state index < -0.39 is 29.8 Å². The van der Waals surface area contributed by atoms with Gasteiger partial charge in [0.05, 0.1) is 37.4 Å². The lowest BCUT2D eigenvalue weighted by molar-refractivity contribution is -0.143. The fraction of sp³-hybridized carbons (Fsp3) is 0.719. The Morgan fingerprint density at radius 3 is 2.56 bits per heavy atom. The van der Waals surface area contributed by atoms with Crippen LogP contribution in [0.5, 0.6) is 0 Å². The van der Waals surface area contributed by atoms with E-state index in [1.807, 2.05) is 26.0 Å². The molecule has 4 aliphatic rings. The molecule has 0 saturated carbocycles. The lowest BCUT2D eigenvalue weighted by atomic mass is 9.87. The average molecular weight is 604 g/mol. The maximum Gasteiger partial charge on any atom is 0.410 e. The van der Waals surface area contributed by atoms with E-state index in [0.717, 1.165) is 44.3 Å². The van der Waals surface area contributed by atoms with Gasteiger partial charge < -0.3 is 40.0 Å². The molecule has 3 amide bonds. The Morgan fingerprint density at radius 2 is 1.88 bits per heavy atom. The number of carbonyl (C=O) groups is 3. The number of amides is 3. The Kier molecular flexibility index (Phi) is 11.4. The SMILES string of the molecule is CC(C=C[C@H]1O[C@H](CC(N)=O)C[C@@]2(CO2)[C@@H]1O)=CC[C@@H]1O[C@H](C)[C@H](NC(=O)C=CC(C)OC(=O)N2CCCCC2)C[C@@H]1C. The second kappa shape index (κ2) is 14.8. The number of aliphatic hydroxyl groups excluding tert-OH is 1. The Bertz CT molecular complexity index is 1080. The fourth-order valence-electron chi connectivity index (χ4n) is 6.16. The highest BCUT2D eigenvalue weighted by Crippen LogP contribution is 2.43. The summed E-state index contributed by atoms with van der Waals surface area (Å²) in [5.74, 6) is -0.463. The van der Waals surface area contributed by atoms with Crippen LogP contribution in [-0.4, -0.2) is 95.9 Å². The van der Waals surface area contributed by atoms with Gasteiger partial charge in [0, 0.05) is 25.6 Å². The molecular formula is C32H49N3O8. The Balaban J connectivity index is 1.21. The molecule has 9 atom stereocenters. The quantitative estimate of drug-likeness (QED) is 0.196. The third-order valence-electron chi connectivity index (χ3n) is 8.90. The molecule has 0 aromatic heterocycles. The van der Waals surface area contributed by atoms with Gasteiger partial charge in [-0.3, -0.25) is 9.59 Å². The monoisotopic (exact) mass is 603 g/mol. The highest BCUT2D eigenvalue weighted by molar-refractivity contribution is 5.87. The number of hydrogen-bond donors (Lipinski definition) is 3. The first kappa shape index (κ1) is 33.2. The minimum atomic E-state index is -0.803. The molecule has 240 valence electrons. The van der Waals surface area contributed by atoms with E-state index >= 15 is 0 Å². The van der Waals surface area contributed by atoms with Crippen LogP contribution in [0.4, 0.5) is 4.79 Å². The molecule has 4 rings (SSSR count). The number of carbonyl (C=O) groups excluding carboxylic acids is 3. The van der Waals surface area contributed by atoms with Crippen LogP contribution < -0.4 is 11.1 Å². The number of hydrogen-bond acceptors (Lipinski definition) is 8. The molecule has 4 N–H and O–H groups in total. The van der Waals surface area contributed by atoms with Gasteiger partial charge in [-0.05, 0) is 64.9 Å². The molecular weight excluding hydrogens is 554 g/mol. The van der Waals surface area contributed by atoms with E-state index in [0.29, 0.717) is 19.4 Å². The van der Waals surface area contributed by atoms with Gasteiger partial charge >= 0.3 is 6.09 Å². The molecule has 0 aliphatic carbocycles. The second-order valence-electron chi connectivity index (χ2n) is 12.6. The summed E-state index contributed by atoms with van der Waals surface area (Å²) in [5.41, 5.74) is 5.71. The van der Waals surface area contributed by atoms with Crippen molar-refractivity contribution in [3.05, 3.63) is 36.0 Å². The molecule has 43 heavy (non-hydrogen) atoms. The summed E-state index contributed by atoms with van der Waals surface area (Å²) in [5, 5.41) is 13.8. The first-order valence-corrected chi connectivity index (χ1v) is 15.7. The van der Waals surface area contributed by atoms with Crippen LogP contribution >= 0.6 is 0 Å².